The van der Waals surface area contributed by atoms with Crippen LogP contribution in [0.15, 0.2) is 115 Å². The minimum Gasteiger partial charge on any atom is -0.368 e. The zero-order valence-electron chi connectivity index (χ0n) is 19.6. The topological polar surface area (TPSA) is 6.48 Å². The van der Waals surface area contributed by atoms with Crippen LogP contribution in [0.2, 0.25) is 0 Å². The van der Waals surface area contributed by atoms with Crippen molar-refractivity contribution in [1.82, 2.24) is 0 Å². The van der Waals surface area contributed by atoms with Crippen LogP contribution in [0, 0.1) is 0 Å². The van der Waals surface area contributed by atoms with Gasteiger partial charge in [-0.2, -0.15) is 0 Å². The van der Waals surface area contributed by atoms with Crippen molar-refractivity contribution in [2.24, 2.45) is 0 Å². The minimum absolute atomic E-state index is 0.0240. The van der Waals surface area contributed by atoms with E-state index < -0.39 is 0 Å². The van der Waals surface area contributed by atoms with E-state index in [0.717, 1.165) is 0 Å². The first-order chi connectivity index (χ1) is 16.7. The molecule has 2 aliphatic heterocycles. The molecule has 4 aromatic rings. The Bertz CT molecular complexity index is 1420. The average molecular weight is 441 g/mol. The molecule has 4 atom stereocenters. The first-order valence-corrected chi connectivity index (χ1v) is 12.2. The molecule has 0 radical (unpaired) electrons. The number of likely N-dealkylation sites (N-methyl/N-ethyl adjacent to an activating group) is 1. The molecule has 0 fully saturated rings. The van der Waals surface area contributed by atoms with Gasteiger partial charge in [0, 0.05) is 35.4 Å². The van der Waals surface area contributed by atoms with Gasteiger partial charge < -0.3 is 9.80 Å². The quantitative estimate of drug-likeness (QED) is 0.302. The summed E-state index contributed by atoms with van der Waals surface area (Å²) in [5.74, 6) is 0.367. The van der Waals surface area contributed by atoms with Crippen LogP contribution >= 0.6 is 0 Å². The van der Waals surface area contributed by atoms with Crippen molar-refractivity contribution in [3.05, 3.63) is 126 Å². The molecule has 0 bridgehead atoms. The number of rotatable bonds is 2. The van der Waals surface area contributed by atoms with Gasteiger partial charge in [0.25, 0.3) is 0 Å². The predicted molar refractivity (Wildman–Crippen MR) is 142 cm³/mol. The number of benzene rings is 4. The molecular formula is C32H28N2. The van der Waals surface area contributed by atoms with Gasteiger partial charge in [-0.3, -0.25) is 0 Å². The Kier molecular flexibility index (Phi) is 4.11. The smallest absolute Gasteiger partial charge is 0.0661 e. The van der Waals surface area contributed by atoms with Crippen LogP contribution in [0.4, 0.5) is 17.1 Å². The first kappa shape index (κ1) is 19.7. The maximum absolute atomic E-state index is 2.63. The van der Waals surface area contributed by atoms with Crippen molar-refractivity contribution >= 4 is 17.1 Å². The number of hydrogen-bond donors (Lipinski definition) is 0. The molecule has 0 saturated heterocycles. The van der Waals surface area contributed by atoms with E-state index in [-0.39, 0.29) is 5.41 Å². The highest BCUT2D eigenvalue weighted by Crippen LogP contribution is 2.58. The molecule has 4 aromatic carbocycles. The molecule has 2 heterocycles. The lowest BCUT2D eigenvalue weighted by Crippen LogP contribution is -2.56. The Hall–Kier alpha value is -3.78. The highest BCUT2D eigenvalue weighted by molar-refractivity contribution is 5.80. The second kappa shape index (κ2) is 7.11. The molecule has 2 heteroatoms. The maximum atomic E-state index is 2.63. The third-order valence-electron chi connectivity index (χ3n) is 8.32. The van der Waals surface area contributed by atoms with E-state index in [0.29, 0.717) is 18.0 Å². The second-order valence-corrected chi connectivity index (χ2v) is 10.1. The van der Waals surface area contributed by atoms with Gasteiger partial charge in [0.1, 0.15) is 0 Å². The van der Waals surface area contributed by atoms with Crippen molar-refractivity contribution in [1.29, 1.82) is 0 Å². The summed E-state index contributed by atoms with van der Waals surface area (Å²) < 4.78 is 0. The molecular weight excluding hydrogens is 412 g/mol. The summed E-state index contributed by atoms with van der Waals surface area (Å²) in [6.45, 7) is 2.42. The molecule has 3 aliphatic rings. The van der Waals surface area contributed by atoms with Crippen LogP contribution in [0.1, 0.15) is 24.0 Å². The molecule has 0 saturated carbocycles. The summed E-state index contributed by atoms with van der Waals surface area (Å²) in [6.07, 6.45) is 4.97. The van der Waals surface area contributed by atoms with Gasteiger partial charge in [-0.05, 0) is 53.4 Å². The highest BCUT2D eigenvalue weighted by Gasteiger charge is 2.56. The summed E-state index contributed by atoms with van der Waals surface area (Å²) in [7, 11) is 2.28. The molecule has 3 unspecified atom stereocenters. The van der Waals surface area contributed by atoms with Crippen LogP contribution in [-0.2, 0) is 5.41 Å². The van der Waals surface area contributed by atoms with Crippen molar-refractivity contribution in [3.63, 3.8) is 0 Å². The zero-order chi connectivity index (χ0) is 22.9. The fourth-order valence-electron chi connectivity index (χ4n) is 6.85. The van der Waals surface area contributed by atoms with E-state index in [1.807, 2.05) is 0 Å². The maximum Gasteiger partial charge on any atom is 0.0661 e. The number of fused-ring (bicyclic) bond motifs is 7. The average Bonchev–Trinajstić information content (AvgIpc) is 3.34. The Morgan fingerprint density at radius 1 is 0.706 bits per heavy atom. The molecule has 0 amide bonds. The van der Waals surface area contributed by atoms with E-state index in [4.69, 9.17) is 0 Å². The predicted octanol–water partition coefficient (Wildman–Crippen LogP) is 7.30. The van der Waals surface area contributed by atoms with Crippen LogP contribution in [0.3, 0.4) is 0 Å². The number of anilines is 3. The molecule has 7 rings (SSSR count). The van der Waals surface area contributed by atoms with Crippen LogP contribution < -0.4 is 9.80 Å². The standard InChI is InChI=1S/C32H28N2/c1-32-20-19-26-25-15-6-8-17-28(25)34(24-14-10-13-23(21-24)22-11-4-3-5-12-22)30(26)31(32)33(2)29-18-9-7-16-27(29)32/h3-21,26,30-31H,1-2H3/t26?,30?,31?,32-/m0/s1. The largest absolute Gasteiger partial charge is 0.368 e. The SMILES string of the molecule is CN1c2ccccc2[C@]2(C)C=CC3c4ccccc4N(c4cccc(-c5ccccc5)c4)C3C12. The Morgan fingerprint density at radius 2 is 1.41 bits per heavy atom. The van der Waals surface area contributed by atoms with Crippen molar-refractivity contribution in [3.8, 4) is 11.1 Å². The van der Waals surface area contributed by atoms with Gasteiger partial charge in [-0.15, -0.1) is 0 Å². The summed E-state index contributed by atoms with van der Waals surface area (Å²) >= 11 is 0. The van der Waals surface area contributed by atoms with E-state index in [1.54, 1.807) is 0 Å². The second-order valence-electron chi connectivity index (χ2n) is 10.1. The number of para-hydroxylation sites is 2. The fourth-order valence-corrected chi connectivity index (χ4v) is 6.85. The van der Waals surface area contributed by atoms with Crippen molar-refractivity contribution in [2.45, 2.75) is 30.3 Å². The lowest BCUT2D eigenvalue weighted by Gasteiger charge is -2.46. The lowest BCUT2D eigenvalue weighted by molar-refractivity contribution is 0.371. The minimum atomic E-state index is -0.0240. The highest BCUT2D eigenvalue weighted by atomic mass is 15.3. The van der Waals surface area contributed by atoms with Crippen molar-refractivity contribution < 1.29 is 0 Å². The summed E-state index contributed by atoms with van der Waals surface area (Å²) in [5.41, 5.74) is 9.32. The van der Waals surface area contributed by atoms with Gasteiger partial charge in [0.05, 0.1) is 12.1 Å². The van der Waals surface area contributed by atoms with Gasteiger partial charge in [-0.25, -0.2) is 0 Å². The molecule has 0 aromatic heterocycles. The molecule has 166 valence electrons. The van der Waals surface area contributed by atoms with Gasteiger partial charge in [0.2, 0.25) is 0 Å². The molecule has 2 nitrogen and oxygen atoms in total. The lowest BCUT2D eigenvalue weighted by atomic mass is 9.68. The van der Waals surface area contributed by atoms with E-state index in [2.05, 4.69) is 139 Å². The van der Waals surface area contributed by atoms with Crippen LogP contribution in [0.25, 0.3) is 11.1 Å². The third kappa shape index (κ3) is 2.57. The monoisotopic (exact) mass is 440 g/mol. The van der Waals surface area contributed by atoms with Gasteiger partial charge in [0.15, 0.2) is 0 Å². The summed E-state index contributed by atoms with van der Waals surface area (Å²) in [6, 6.07) is 38.4. The fraction of sp³-hybridized carbons (Fsp3) is 0.188. The number of hydrogen-bond acceptors (Lipinski definition) is 2. The Labute approximate surface area is 201 Å². The molecule has 0 N–H and O–H groups in total. The van der Waals surface area contributed by atoms with Gasteiger partial charge >= 0.3 is 0 Å². The summed E-state index contributed by atoms with van der Waals surface area (Å²) in [4.78, 5) is 5.16. The first-order valence-electron chi connectivity index (χ1n) is 12.2. The number of nitrogens with zero attached hydrogens (tertiary/aromatic N) is 2. The summed E-state index contributed by atoms with van der Waals surface area (Å²) in [5, 5.41) is 0. The Morgan fingerprint density at radius 3 is 2.26 bits per heavy atom. The van der Waals surface area contributed by atoms with E-state index in [1.165, 1.54) is 39.3 Å². The third-order valence-corrected chi connectivity index (χ3v) is 8.32. The molecule has 34 heavy (non-hydrogen) atoms. The molecule has 0 spiro atoms. The van der Waals surface area contributed by atoms with E-state index >= 15 is 0 Å². The molecule has 1 aliphatic carbocycles. The van der Waals surface area contributed by atoms with Crippen LogP contribution in [-0.4, -0.2) is 19.1 Å². The van der Waals surface area contributed by atoms with Crippen molar-refractivity contribution in [2.75, 3.05) is 16.8 Å². The van der Waals surface area contributed by atoms with Crippen LogP contribution in [0.5, 0.6) is 0 Å². The Balaban J connectivity index is 1.42. The van der Waals surface area contributed by atoms with E-state index in [9.17, 15) is 0 Å². The normalized spacial score (nSPS) is 26.1. The van der Waals surface area contributed by atoms with Gasteiger partial charge in [-0.1, -0.05) is 91.0 Å². The zero-order valence-corrected chi connectivity index (χ0v) is 19.6.